The van der Waals surface area contributed by atoms with Crippen molar-refractivity contribution in [1.29, 1.82) is 0 Å². The van der Waals surface area contributed by atoms with Gasteiger partial charge in [0, 0.05) is 30.2 Å². The topological polar surface area (TPSA) is 61.4 Å². The largest absolute Gasteiger partial charge is 0.345 e. The van der Waals surface area contributed by atoms with Gasteiger partial charge < -0.3 is 10.2 Å². The Morgan fingerprint density at radius 1 is 1.00 bits per heavy atom. The summed E-state index contributed by atoms with van der Waals surface area (Å²) in [5.74, 6) is -0.198. The van der Waals surface area contributed by atoms with Crippen molar-refractivity contribution in [3.8, 4) is 0 Å². The second kappa shape index (κ2) is 10.2. The van der Waals surface area contributed by atoms with Crippen molar-refractivity contribution in [2.24, 2.45) is 0 Å². The van der Waals surface area contributed by atoms with E-state index in [0.717, 1.165) is 12.0 Å². The number of anilines is 1. The summed E-state index contributed by atoms with van der Waals surface area (Å²) in [5, 5.41) is 8.31. The van der Waals surface area contributed by atoms with Gasteiger partial charge in [0.1, 0.15) is 0 Å². The number of nitrogens with zero attached hydrogens (tertiary/aromatic N) is 1. The lowest BCUT2D eigenvalue weighted by atomic mass is 10.0. The molecule has 0 aliphatic carbocycles. The lowest BCUT2D eigenvalue weighted by Crippen LogP contribution is -2.31. The predicted octanol–water partition coefficient (Wildman–Crippen LogP) is 4.33. The first-order valence-electron chi connectivity index (χ1n) is 9.95. The van der Waals surface area contributed by atoms with Gasteiger partial charge in [-0.05, 0) is 53.3 Å². The summed E-state index contributed by atoms with van der Waals surface area (Å²) in [6, 6.07) is 19.5. The van der Waals surface area contributed by atoms with Crippen molar-refractivity contribution < 1.29 is 9.59 Å². The maximum absolute atomic E-state index is 12.5. The number of carbonyl (C=O) groups is 2. The number of rotatable bonds is 8. The maximum atomic E-state index is 12.5. The second-order valence-electron chi connectivity index (χ2n) is 7.25. The molecule has 0 saturated heterocycles. The van der Waals surface area contributed by atoms with Gasteiger partial charge in [0.15, 0.2) is 0 Å². The number of thiophene rings is 1. The van der Waals surface area contributed by atoms with Crippen LogP contribution < -0.4 is 10.6 Å². The van der Waals surface area contributed by atoms with E-state index in [1.165, 1.54) is 15.3 Å². The Hall–Kier alpha value is -2.96. The molecule has 30 heavy (non-hydrogen) atoms. The number of benzene rings is 2. The van der Waals surface area contributed by atoms with Crippen LogP contribution in [-0.4, -0.2) is 37.4 Å². The zero-order valence-corrected chi connectivity index (χ0v) is 18.3. The van der Waals surface area contributed by atoms with Gasteiger partial charge in [0.2, 0.25) is 5.91 Å². The highest BCUT2D eigenvalue weighted by Gasteiger charge is 2.16. The Kier molecular flexibility index (Phi) is 7.38. The molecule has 156 valence electrons. The molecule has 1 aromatic heterocycles. The van der Waals surface area contributed by atoms with Gasteiger partial charge in [-0.15, -0.1) is 11.3 Å². The highest BCUT2D eigenvalue weighted by molar-refractivity contribution is 7.10. The number of hydrogen-bond donors (Lipinski definition) is 2. The minimum Gasteiger partial charge on any atom is -0.345 e. The molecule has 0 spiro atoms. The van der Waals surface area contributed by atoms with Crippen molar-refractivity contribution in [3.63, 3.8) is 0 Å². The highest BCUT2D eigenvalue weighted by atomic mass is 32.1. The number of amides is 2. The average molecular weight is 422 g/mol. The van der Waals surface area contributed by atoms with Crippen LogP contribution >= 0.6 is 11.3 Å². The van der Waals surface area contributed by atoms with Crippen molar-refractivity contribution in [3.05, 3.63) is 87.6 Å². The molecule has 0 aliphatic rings. The molecular weight excluding hydrogens is 394 g/mol. The molecule has 3 rings (SSSR count). The number of carbonyl (C=O) groups excluding carboxylic acids is 2. The van der Waals surface area contributed by atoms with E-state index in [1.54, 1.807) is 49.7 Å². The van der Waals surface area contributed by atoms with Gasteiger partial charge >= 0.3 is 0 Å². The van der Waals surface area contributed by atoms with E-state index in [4.69, 9.17) is 0 Å². The van der Waals surface area contributed by atoms with E-state index in [0.29, 0.717) is 11.3 Å². The van der Waals surface area contributed by atoms with Crippen LogP contribution in [0.1, 0.15) is 39.3 Å². The molecule has 0 saturated carbocycles. The van der Waals surface area contributed by atoms with Crippen LogP contribution in [0.15, 0.2) is 66.0 Å². The Balaban J connectivity index is 1.63. The fourth-order valence-corrected chi connectivity index (χ4v) is 3.97. The molecule has 1 atom stereocenters. The van der Waals surface area contributed by atoms with Crippen LogP contribution in [0, 0.1) is 0 Å². The average Bonchev–Trinajstić information content (AvgIpc) is 3.29. The smallest absolute Gasteiger partial charge is 0.253 e. The van der Waals surface area contributed by atoms with Crippen LogP contribution in [0.2, 0.25) is 0 Å². The third kappa shape index (κ3) is 5.55. The van der Waals surface area contributed by atoms with Crippen molar-refractivity contribution in [1.82, 2.24) is 10.2 Å². The lowest BCUT2D eigenvalue weighted by Gasteiger charge is -2.18. The molecule has 6 heteroatoms. The summed E-state index contributed by atoms with van der Waals surface area (Å²) in [7, 11) is 3.42. The van der Waals surface area contributed by atoms with E-state index in [1.807, 2.05) is 11.4 Å². The first kappa shape index (κ1) is 21.7. The second-order valence-corrected chi connectivity index (χ2v) is 8.23. The molecule has 0 radical (unpaired) electrons. The molecule has 0 aliphatic heterocycles. The molecule has 5 nitrogen and oxygen atoms in total. The van der Waals surface area contributed by atoms with E-state index in [-0.39, 0.29) is 24.4 Å². The standard InChI is InChI=1S/C24H27N3O2S/c1-4-17-7-9-18(10-8-17)23(21-6-5-15-30-21)25-16-22(28)26-20-13-11-19(12-14-20)24(29)27(2)3/h5-15,23,25H,4,16H2,1-3H3,(H,26,28)/t23-/m1/s1. The molecule has 0 unspecified atom stereocenters. The maximum Gasteiger partial charge on any atom is 0.253 e. The Morgan fingerprint density at radius 2 is 1.70 bits per heavy atom. The lowest BCUT2D eigenvalue weighted by molar-refractivity contribution is -0.115. The number of aryl methyl sites for hydroxylation is 1. The van der Waals surface area contributed by atoms with Gasteiger partial charge in [-0.2, -0.15) is 0 Å². The van der Waals surface area contributed by atoms with Gasteiger partial charge in [0.25, 0.3) is 5.91 Å². The molecule has 2 aromatic carbocycles. The monoisotopic (exact) mass is 421 g/mol. The first-order valence-corrected chi connectivity index (χ1v) is 10.8. The molecule has 0 fully saturated rings. The molecular formula is C24H27N3O2S. The van der Waals surface area contributed by atoms with Crippen LogP contribution in [0.25, 0.3) is 0 Å². The Bertz CT molecular complexity index is 965. The summed E-state index contributed by atoms with van der Waals surface area (Å²) in [6.07, 6.45) is 0.999. The van der Waals surface area contributed by atoms with Gasteiger partial charge in [-0.25, -0.2) is 0 Å². The first-order chi connectivity index (χ1) is 14.5. The normalized spacial score (nSPS) is 11.7. The Labute approximate surface area is 181 Å². The number of nitrogens with one attached hydrogen (secondary N) is 2. The third-order valence-electron chi connectivity index (χ3n) is 4.84. The summed E-state index contributed by atoms with van der Waals surface area (Å²) in [4.78, 5) is 27.2. The van der Waals surface area contributed by atoms with E-state index >= 15 is 0 Å². The number of hydrogen-bond acceptors (Lipinski definition) is 4. The predicted molar refractivity (Wildman–Crippen MR) is 123 cm³/mol. The fraction of sp³-hybridized carbons (Fsp3) is 0.250. The molecule has 0 bridgehead atoms. The zero-order valence-electron chi connectivity index (χ0n) is 17.5. The van der Waals surface area contributed by atoms with E-state index < -0.39 is 0 Å². The minimum atomic E-state index is -0.131. The molecule has 1 heterocycles. The quantitative estimate of drug-likeness (QED) is 0.569. The SMILES string of the molecule is CCc1ccc([C@@H](NCC(=O)Nc2ccc(C(=O)N(C)C)cc2)c2cccs2)cc1. The fourth-order valence-electron chi connectivity index (χ4n) is 3.14. The van der Waals surface area contributed by atoms with E-state index in [2.05, 4.69) is 47.9 Å². The van der Waals surface area contributed by atoms with Crippen LogP contribution in [0.4, 0.5) is 5.69 Å². The zero-order chi connectivity index (χ0) is 21.5. The van der Waals surface area contributed by atoms with Crippen molar-refractivity contribution in [2.75, 3.05) is 26.0 Å². The summed E-state index contributed by atoms with van der Waals surface area (Å²) < 4.78 is 0. The summed E-state index contributed by atoms with van der Waals surface area (Å²) in [5.41, 5.74) is 3.67. The summed E-state index contributed by atoms with van der Waals surface area (Å²) >= 11 is 1.67. The highest BCUT2D eigenvalue weighted by Crippen LogP contribution is 2.26. The molecule has 2 N–H and O–H groups in total. The van der Waals surface area contributed by atoms with Crippen LogP contribution in [0.5, 0.6) is 0 Å². The van der Waals surface area contributed by atoms with E-state index in [9.17, 15) is 9.59 Å². The molecule has 3 aromatic rings. The van der Waals surface area contributed by atoms with Crippen LogP contribution in [-0.2, 0) is 11.2 Å². The minimum absolute atomic E-state index is 0.0401. The van der Waals surface area contributed by atoms with Gasteiger partial charge in [0.05, 0.1) is 12.6 Å². The van der Waals surface area contributed by atoms with Gasteiger partial charge in [-0.1, -0.05) is 37.3 Å². The van der Waals surface area contributed by atoms with Crippen LogP contribution in [0.3, 0.4) is 0 Å². The van der Waals surface area contributed by atoms with Crippen molar-refractivity contribution in [2.45, 2.75) is 19.4 Å². The van der Waals surface area contributed by atoms with Gasteiger partial charge in [-0.3, -0.25) is 14.9 Å². The Morgan fingerprint density at radius 3 is 2.27 bits per heavy atom. The summed E-state index contributed by atoms with van der Waals surface area (Å²) in [6.45, 7) is 2.31. The molecule has 2 amide bonds. The van der Waals surface area contributed by atoms with Crippen molar-refractivity contribution >= 4 is 28.8 Å². The third-order valence-corrected chi connectivity index (χ3v) is 5.77.